The lowest BCUT2D eigenvalue weighted by Gasteiger charge is -2.22. The summed E-state index contributed by atoms with van der Waals surface area (Å²) in [7, 11) is 0. The van der Waals surface area contributed by atoms with Crippen LogP contribution >= 0.6 is 0 Å². The molecule has 0 aliphatic heterocycles. The number of carbonyl (C=O) groups is 1. The number of ether oxygens (including phenoxy) is 1. The Kier molecular flexibility index (Phi) is 4.20. The highest BCUT2D eigenvalue weighted by molar-refractivity contribution is 5.88. The number of anilines is 1. The Morgan fingerprint density at radius 1 is 1.10 bits per heavy atom. The number of Topliss-reactive ketones (excluding diaryl/α,β-unsaturated/α-hetero) is 1. The number of nitrogens with zero attached hydrogens (tertiary/aromatic N) is 4. The maximum atomic E-state index is 11.5. The lowest BCUT2D eigenvalue weighted by molar-refractivity contribution is -0.124. The molecule has 0 radical (unpaired) electrons. The minimum Gasteiger partial charge on any atom is -0.489 e. The molecule has 7 nitrogen and oxygen atoms in total. The van der Waals surface area contributed by atoms with Crippen LogP contribution in [0.5, 0.6) is 5.75 Å². The van der Waals surface area contributed by atoms with Crippen LogP contribution in [0.4, 0.5) is 5.82 Å². The van der Waals surface area contributed by atoms with Gasteiger partial charge in [-0.2, -0.15) is 5.10 Å². The average Bonchev–Trinajstić information content (AvgIpc) is 3.11. The van der Waals surface area contributed by atoms with Gasteiger partial charge in [0.1, 0.15) is 41.5 Å². The van der Waals surface area contributed by atoms with E-state index in [1.54, 1.807) is 4.52 Å². The summed E-state index contributed by atoms with van der Waals surface area (Å²) in [6.07, 6.45) is 2.39. The molecule has 0 amide bonds. The van der Waals surface area contributed by atoms with E-state index in [0.717, 1.165) is 22.7 Å². The zero-order valence-electron chi connectivity index (χ0n) is 15.7. The normalized spacial score (nSPS) is 14.1. The molecule has 0 atom stereocenters. The number of benzene rings is 2. The Morgan fingerprint density at radius 3 is 2.72 bits per heavy atom. The Hall–Kier alpha value is -3.74. The minimum absolute atomic E-state index is 0.0653. The van der Waals surface area contributed by atoms with E-state index >= 15 is 0 Å². The number of fused-ring (bicyclic) bond motifs is 1. The zero-order chi connectivity index (χ0) is 19.8. The molecule has 1 aliphatic rings. The number of aromatic nitrogens is 4. The zero-order valence-corrected chi connectivity index (χ0v) is 15.7. The maximum absolute atomic E-state index is 11.5. The molecule has 2 heterocycles. The topological polar surface area (TPSA) is 95.4 Å². The molecule has 1 saturated carbocycles. The fourth-order valence-corrected chi connectivity index (χ4v) is 3.59. The predicted octanol–water partition coefficient (Wildman–Crippen LogP) is 3.40. The second-order valence-corrected chi connectivity index (χ2v) is 7.17. The first-order chi connectivity index (χ1) is 14.2. The van der Waals surface area contributed by atoms with Crippen LogP contribution in [0.1, 0.15) is 30.1 Å². The highest BCUT2D eigenvalue weighted by atomic mass is 16.5. The van der Waals surface area contributed by atoms with Gasteiger partial charge in [0.2, 0.25) is 0 Å². The number of nitrogens with two attached hydrogens (primary N) is 1. The van der Waals surface area contributed by atoms with Crippen LogP contribution in [0, 0.1) is 0 Å². The van der Waals surface area contributed by atoms with Crippen LogP contribution in [0.3, 0.4) is 0 Å². The van der Waals surface area contributed by atoms with E-state index in [4.69, 9.17) is 15.5 Å². The number of carbonyl (C=O) groups excluding carboxylic acids is 1. The molecule has 2 aromatic heterocycles. The van der Waals surface area contributed by atoms with Gasteiger partial charge in [0.15, 0.2) is 5.82 Å². The molecule has 7 heteroatoms. The standard InChI is InChI=1S/C22H19N5O2/c23-21-20-19(26-22(16-9-17(28)10-16)27(20)25-13-24-21)15-7-4-8-18(11-15)29-12-14-5-2-1-3-6-14/h1-8,11,13,16H,9-10,12H2,(H2,23,24,25). The fourth-order valence-electron chi connectivity index (χ4n) is 3.59. The third kappa shape index (κ3) is 3.20. The largest absolute Gasteiger partial charge is 0.489 e. The van der Waals surface area contributed by atoms with E-state index in [1.807, 2.05) is 54.6 Å². The van der Waals surface area contributed by atoms with Crippen LogP contribution in [-0.2, 0) is 11.4 Å². The molecular weight excluding hydrogens is 366 g/mol. The van der Waals surface area contributed by atoms with Gasteiger partial charge in [0.05, 0.1) is 0 Å². The maximum Gasteiger partial charge on any atom is 0.153 e. The molecule has 29 heavy (non-hydrogen) atoms. The van der Waals surface area contributed by atoms with Crippen molar-refractivity contribution in [2.24, 2.45) is 0 Å². The van der Waals surface area contributed by atoms with Gasteiger partial charge < -0.3 is 10.5 Å². The Bertz CT molecular complexity index is 1190. The number of nitrogen functional groups attached to an aromatic ring is 1. The monoisotopic (exact) mass is 385 g/mol. The highest BCUT2D eigenvalue weighted by Crippen LogP contribution is 2.37. The number of imidazole rings is 1. The molecular formula is C22H19N5O2. The molecule has 0 unspecified atom stereocenters. The second-order valence-electron chi connectivity index (χ2n) is 7.17. The third-order valence-corrected chi connectivity index (χ3v) is 5.16. The van der Waals surface area contributed by atoms with Crippen LogP contribution in [0.25, 0.3) is 16.8 Å². The van der Waals surface area contributed by atoms with E-state index in [-0.39, 0.29) is 11.7 Å². The summed E-state index contributed by atoms with van der Waals surface area (Å²) >= 11 is 0. The first kappa shape index (κ1) is 17.4. The molecule has 0 spiro atoms. The molecule has 5 rings (SSSR count). The SMILES string of the molecule is Nc1ncnn2c(C3CC(=O)C3)nc(-c3cccc(OCc4ccccc4)c3)c12. The van der Waals surface area contributed by atoms with Crippen molar-refractivity contribution in [1.82, 2.24) is 19.6 Å². The van der Waals surface area contributed by atoms with Gasteiger partial charge in [-0.05, 0) is 17.7 Å². The Balaban J connectivity index is 1.51. The summed E-state index contributed by atoms with van der Waals surface area (Å²) in [5.74, 6) is 2.15. The number of hydrogen-bond donors (Lipinski definition) is 1. The van der Waals surface area contributed by atoms with Gasteiger partial charge in [-0.1, -0.05) is 42.5 Å². The first-order valence-corrected chi connectivity index (χ1v) is 9.47. The number of rotatable bonds is 5. The molecule has 4 aromatic rings. The van der Waals surface area contributed by atoms with Gasteiger partial charge in [0, 0.05) is 24.3 Å². The molecule has 1 aliphatic carbocycles. The van der Waals surface area contributed by atoms with Crippen LogP contribution in [-0.4, -0.2) is 25.4 Å². The molecule has 2 N–H and O–H groups in total. The first-order valence-electron chi connectivity index (χ1n) is 9.47. The van der Waals surface area contributed by atoms with E-state index < -0.39 is 0 Å². The summed E-state index contributed by atoms with van der Waals surface area (Å²) in [4.78, 5) is 20.4. The lowest BCUT2D eigenvalue weighted by atomic mass is 9.83. The number of hydrogen-bond acceptors (Lipinski definition) is 6. The lowest BCUT2D eigenvalue weighted by Crippen LogP contribution is -2.23. The molecule has 0 saturated heterocycles. The van der Waals surface area contributed by atoms with Crippen molar-refractivity contribution in [2.45, 2.75) is 25.4 Å². The van der Waals surface area contributed by atoms with Crippen molar-refractivity contribution in [3.8, 4) is 17.0 Å². The number of ketones is 1. The Morgan fingerprint density at radius 2 is 1.93 bits per heavy atom. The minimum atomic E-state index is 0.0653. The van der Waals surface area contributed by atoms with Crippen LogP contribution in [0.2, 0.25) is 0 Å². The summed E-state index contributed by atoms with van der Waals surface area (Å²) in [5.41, 5.74) is 9.47. The van der Waals surface area contributed by atoms with E-state index in [9.17, 15) is 4.79 Å². The van der Waals surface area contributed by atoms with E-state index in [2.05, 4.69) is 10.1 Å². The quantitative estimate of drug-likeness (QED) is 0.566. The fraction of sp³-hybridized carbons (Fsp3) is 0.182. The molecule has 0 bridgehead atoms. The van der Waals surface area contributed by atoms with Crippen LogP contribution in [0.15, 0.2) is 60.9 Å². The van der Waals surface area contributed by atoms with Crippen molar-refractivity contribution in [2.75, 3.05) is 5.73 Å². The summed E-state index contributed by atoms with van der Waals surface area (Å²) < 4.78 is 7.67. The van der Waals surface area contributed by atoms with Crippen molar-refractivity contribution >= 4 is 17.1 Å². The average molecular weight is 385 g/mol. The van der Waals surface area contributed by atoms with Gasteiger partial charge >= 0.3 is 0 Å². The summed E-state index contributed by atoms with van der Waals surface area (Å²) in [6.45, 7) is 0.481. The second kappa shape index (κ2) is 7.01. The van der Waals surface area contributed by atoms with Crippen LogP contribution < -0.4 is 10.5 Å². The van der Waals surface area contributed by atoms with Crippen molar-refractivity contribution in [3.05, 3.63) is 72.3 Å². The summed E-state index contributed by atoms with van der Waals surface area (Å²) in [5, 5.41) is 4.34. The van der Waals surface area contributed by atoms with Crippen molar-refractivity contribution in [1.29, 1.82) is 0 Å². The third-order valence-electron chi connectivity index (χ3n) is 5.16. The molecule has 2 aromatic carbocycles. The van der Waals surface area contributed by atoms with Gasteiger partial charge in [-0.15, -0.1) is 0 Å². The van der Waals surface area contributed by atoms with Gasteiger partial charge in [-0.3, -0.25) is 4.79 Å². The molecule has 144 valence electrons. The summed E-state index contributed by atoms with van der Waals surface area (Å²) in [6, 6.07) is 17.7. The van der Waals surface area contributed by atoms with E-state index in [1.165, 1.54) is 6.33 Å². The smallest absolute Gasteiger partial charge is 0.153 e. The van der Waals surface area contributed by atoms with Gasteiger partial charge in [-0.25, -0.2) is 14.5 Å². The predicted molar refractivity (Wildman–Crippen MR) is 108 cm³/mol. The van der Waals surface area contributed by atoms with Crippen molar-refractivity contribution < 1.29 is 9.53 Å². The van der Waals surface area contributed by atoms with Gasteiger partial charge in [0.25, 0.3) is 0 Å². The van der Waals surface area contributed by atoms with E-state index in [0.29, 0.717) is 36.5 Å². The Labute approximate surface area is 167 Å². The molecule has 1 fully saturated rings. The highest BCUT2D eigenvalue weighted by Gasteiger charge is 2.33. The van der Waals surface area contributed by atoms with Crippen molar-refractivity contribution in [3.63, 3.8) is 0 Å².